The zero-order valence-electron chi connectivity index (χ0n) is 8.10. The predicted octanol–water partition coefficient (Wildman–Crippen LogP) is 3.07. The van der Waals surface area contributed by atoms with E-state index >= 15 is 0 Å². The summed E-state index contributed by atoms with van der Waals surface area (Å²) < 4.78 is 0. The van der Waals surface area contributed by atoms with Gasteiger partial charge in [-0.3, -0.25) is 9.59 Å². The van der Waals surface area contributed by atoms with Gasteiger partial charge < -0.3 is 0 Å². The molecule has 0 bridgehead atoms. The number of carbonyl (C=O) groups is 2. The second-order valence-corrected chi connectivity index (χ2v) is 5.98. The lowest BCUT2D eigenvalue weighted by Gasteiger charge is -2.05. The Labute approximate surface area is 99.5 Å². The molecule has 0 saturated carbocycles. The third-order valence-corrected chi connectivity index (χ3v) is 5.38. The second kappa shape index (κ2) is 2.70. The monoisotopic (exact) mass is 246 g/mol. The fourth-order valence-corrected chi connectivity index (χ4v) is 4.78. The first-order chi connectivity index (χ1) is 7.79. The highest BCUT2D eigenvalue weighted by Gasteiger charge is 2.52. The molecular weight excluding hydrogens is 240 g/mol. The zero-order chi connectivity index (χ0) is 10.9. The average Bonchev–Trinajstić information content (AvgIpc) is 2.93. The van der Waals surface area contributed by atoms with Gasteiger partial charge in [0.15, 0.2) is 11.6 Å². The number of rotatable bonds is 0. The van der Waals surface area contributed by atoms with E-state index in [2.05, 4.69) is 0 Å². The molecular formula is C12H6O2S2. The van der Waals surface area contributed by atoms with E-state index in [-0.39, 0.29) is 23.4 Å². The van der Waals surface area contributed by atoms with Crippen LogP contribution >= 0.6 is 22.7 Å². The van der Waals surface area contributed by atoms with E-state index in [9.17, 15) is 9.59 Å². The van der Waals surface area contributed by atoms with Crippen molar-refractivity contribution in [3.8, 4) is 0 Å². The minimum Gasteiger partial charge on any atom is -0.293 e. The molecule has 2 aliphatic rings. The normalized spacial score (nSPS) is 25.8. The van der Waals surface area contributed by atoms with Crippen molar-refractivity contribution in [2.45, 2.75) is 11.8 Å². The molecule has 78 valence electrons. The summed E-state index contributed by atoms with van der Waals surface area (Å²) in [5, 5.41) is 3.80. The quantitative estimate of drug-likeness (QED) is 0.716. The first-order valence-corrected chi connectivity index (χ1v) is 6.78. The number of carbonyl (C=O) groups excluding carboxylic acids is 2. The highest BCUT2D eigenvalue weighted by Crippen LogP contribution is 2.54. The largest absolute Gasteiger partial charge is 0.293 e. The smallest absolute Gasteiger partial charge is 0.173 e. The van der Waals surface area contributed by atoms with Gasteiger partial charge in [0.2, 0.25) is 0 Å². The van der Waals surface area contributed by atoms with Crippen molar-refractivity contribution in [1.82, 2.24) is 0 Å². The van der Waals surface area contributed by atoms with E-state index < -0.39 is 0 Å². The van der Waals surface area contributed by atoms with E-state index in [0.717, 1.165) is 20.9 Å². The van der Waals surface area contributed by atoms with Gasteiger partial charge in [0.05, 0.1) is 11.8 Å². The molecule has 0 aromatic carbocycles. The summed E-state index contributed by atoms with van der Waals surface area (Å²) in [4.78, 5) is 26.4. The van der Waals surface area contributed by atoms with Crippen molar-refractivity contribution in [3.63, 3.8) is 0 Å². The third-order valence-electron chi connectivity index (χ3n) is 3.38. The van der Waals surface area contributed by atoms with Crippen LogP contribution in [0.5, 0.6) is 0 Å². The summed E-state index contributed by atoms with van der Waals surface area (Å²) in [5.41, 5.74) is 1.54. The molecule has 16 heavy (non-hydrogen) atoms. The van der Waals surface area contributed by atoms with E-state index in [1.165, 1.54) is 22.7 Å². The maximum Gasteiger partial charge on any atom is 0.173 e. The van der Waals surface area contributed by atoms with Gasteiger partial charge in [-0.1, -0.05) is 0 Å². The van der Waals surface area contributed by atoms with E-state index in [1.54, 1.807) is 0 Å². The molecule has 0 saturated heterocycles. The summed E-state index contributed by atoms with van der Waals surface area (Å²) in [7, 11) is 0. The summed E-state index contributed by atoms with van der Waals surface area (Å²) >= 11 is 3.07. The maximum atomic E-state index is 12.2. The molecule has 2 aliphatic carbocycles. The van der Waals surface area contributed by atoms with Crippen molar-refractivity contribution in [3.05, 3.63) is 43.8 Å². The van der Waals surface area contributed by atoms with Gasteiger partial charge in [-0.25, -0.2) is 0 Å². The van der Waals surface area contributed by atoms with Crippen LogP contribution in [-0.4, -0.2) is 11.6 Å². The lowest BCUT2D eigenvalue weighted by atomic mass is 9.98. The van der Waals surface area contributed by atoms with Crippen LogP contribution in [0.4, 0.5) is 0 Å². The minimum absolute atomic E-state index is 0.135. The number of thiophene rings is 2. The van der Waals surface area contributed by atoms with Crippen LogP contribution in [0.1, 0.15) is 42.3 Å². The van der Waals surface area contributed by atoms with Gasteiger partial charge >= 0.3 is 0 Å². The molecule has 0 fully saturated rings. The van der Waals surface area contributed by atoms with Crippen molar-refractivity contribution in [1.29, 1.82) is 0 Å². The first-order valence-electron chi connectivity index (χ1n) is 5.02. The van der Waals surface area contributed by atoms with Crippen molar-refractivity contribution >= 4 is 34.2 Å². The molecule has 2 heterocycles. The van der Waals surface area contributed by atoms with Crippen molar-refractivity contribution < 1.29 is 9.59 Å². The Morgan fingerprint density at radius 1 is 0.812 bits per heavy atom. The summed E-state index contributed by atoms with van der Waals surface area (Å²) in [5.74, 6) is -0.138. The molecule has 2 atom stereocenters. The molecule has 0 spiro atoms. The van der Waals surface area contributed by atoms with Crippen LogP contribution in [0.2, 0.25) is 0 Å². The minimum atomic E-state index is -0.204. The molecule has 0 amide bonds. The molecule has 0 radical (unpaired) electrons. The number of hydrogen-bond acceptors (Lipinski definition) is 4. The van der Waals surface area contributed by atoms with Gasteiger partial charge in [-0.15, -0.1) is 22.7 Å². The van der Waals surface area contributed by atoms with Crippen molar-refractivity contribution in [2.24, 2.45) is 0 Å². The van der Waals surface area contributed by atoms with Gasteiger partial charge in [0.25, 0.3) is 0 Å². The molecule has 2 nitrogen and oxygen atoms in total. The maximum absolute atomic E-state index is 12.2. The molecule has 0 aliphatic heterocycles. The van der Waals surface area contributed by atoms with E-state index in [0.29, 0.717) is 0 Å². The second-order valence-electron chi connectivity index (χ2n) is 4.08. The Hall–Kier alpha value is -1.26. The average molecular weight is 246 g/mol. The lowest BCUT2D eigenvalue weighted by Crippen LogP contribution is -2.09. The fraction of sp³-hybridized carbons (Fsp3) is 0.167. The molecule has 2 aromatic rings. The predicted molar refractivity (Wildman–Crippen MR) is 62.8 cm³/mol. The van der Waals surface area contributed by atoms with Gasteiger partial charge in [-0.2, -0.15) is 0 Å². The van der Waals surface area contributed by atoms with Crippen LogP contribution in [0.25, 0.3) is 0 Å². The van der Waals surface area contributed by atoms with Gasteiger partial charge in [0.1, 0.15) is 0 Å². The number of ketones is 2. The first kappa shape index (κ1) is 8.84. The lowest BCUT2D eigenvalue weighted by molar-refractivity contribution is 0.0914. The SMILES string of the molecule is O=C1c2ccsc2C2C(=O)c3ccsc3C12. The standard InChI is InChI=1S/C12H6O2S2/c13-9-5-1-3-15-11(5)8-7(9)12-6(10(8)14)2-4-16-12/h1-4,7-8H. The summed E-state index contributed by atoms with van der Waals surface area (Å²) in [6.45, 7) is 0. The van der Waals surface area contributed by atoms with Crippen LogP contribution < -0.4 is 0 Å². The number of hydrogen-bond donors (Lipinski definition) is 0. The summed E-state index contributed by atoms with van der Waals surface area (Å²) in [6, 6.07) is 3.70. The molecule has 4 heteroatoms. The highest BCUT2D eigenvalue weighted by molar-refractivity contribution is 7.12. The Kier molecular flexibility index (Phi) is 1.49. The van der Waals surface area contributed by atoms with Crippen LogP contribution in [0.3, 0.4) is 0 Å². The molecule has 4 rings (SSSR count). The van der Waals surface area contributed by atoms with Gasteiger partial charge in [0, 0.05) is 20.9 Å². The Balaban J connectivity index is 2.02. The topological polar surface area (TPSA) is 34.1 Å². The van der Waals surface area contributed by atoms with Crippen molar-refractivity contribution in [2.75, 3.05) is 0 Å². The fourth-order valence-electron chi connectivity index (χ4n) is 2.71. The Bertz CT molecular complexity index is 579. The highest BCUT2D eigenvalue weighted by atomic mass is 32.1. The van der Waals surface area contributed by atoms with Gasteiger partial charge in [-0.05, 0) is 22.9 Å². The third kappa shape index (κ3) is 0.804. The summed E-state index contributed by atoms with van der Waals surface area (Å²) in [6.07, 6.45) is 0. The number of fused-ring (bicyclic) bond motifs is 5. The molecule has 2 aromatic heterocycles. The Morgan fingerprint density at radius 3 is 1.69 bits per heavy atom. The molecule has 0 N–H and O–H groups in total. The zero-order valence-corrected chi connectivity index (χ0v) is 9.73. The van der Waals surface area contributed by atoms with Crippen LogP contribution in [0.15, 0.2) is 22.9 Å². The number of Topliss-reactive ketones (excluding diaryl/α,β-unsaturated/α-hetero) is 2. The molecule has 2 unspecified atom stereocenters. The van der Waals surface area contributed by atoms with E-state index in [4.69, 9.17) is 0 Å². The Morgan fingerprint density at radius 2 is 1.25 bits per heavy atom. The van der Waals surface area contributed by atoms with E-state index in [1.807, 2.05) is 22.9 Å². The van der Waals surface area contributed by atoms with Crippen LogP contribution in [0, 0.1) is 0 Å². The van der Waals surface area contributed by atoms with Crippen LogP contribution in [-0.2, 0) is 0 Å².